The number of ether oxygens (including phenoxy) is 1. The first-order valence-electron chi connectivity index (χ1n) is 7.26. The van der Waals surface area contributed by atoms with E-state index in [1.807, 2.05) is 20.8 Å². The van der Waals surface area contributed by atoms with Gasteiger partial charge in [0.15, 0.2) is 0 Å². The number of nitrogens with zero attached hydrogens (tertiary/aromatic N) is 1. The Kier molecular flexibility index (Phi) is 3.92. The molecule has 2 aromatic rings. The first-order chi connectivity index (χ1) is 10.4. The average molecular weight is 320 g/mol. The second kappa shape index (κ2) is 5.73. The van der Waals surface area contributed by atoms with Crippen molar-refractivity contribution < 1.29 is 9.53 Å². The Morgan fingerprint density at radius 3 is 3.00 bits per heavy atom. The molecule has 1 aliphatic heterocycles. The molecule has 22 heavy (non-hydrogen) atoms. The van der Waals surface area contributed by atoms with Crippen LogP contribution in [0.25, 0.3) is 0 Å². The summed E-state index contributed by atoms with van der Waals surface area (Å²) in [4.78, 5) is 19.6. The number of thiophene rings is 1. The van der Waals surface area contributed by atoms with E-state index in [1.54, 1.807) is 11.3 Å². The smallest absolute Gasteiger partial charge is 0.414 e. The van der Waals surface area contributed by atoms with E-state index in [2.05, 4.69) is 37.4 Å². The van der Waals surface area contributed by atoms with Crippen LogP contribution in [0.2, 0.25) is 0 Å². The molecule has 0 saturated carbocycles. The van der Waals surface area contributed by atoms with Gasteiger partial charge in [-0.3, -0.25) is 5.32 Å². The maximum atomic E-state index is 11.8. The highest BCUT2D eigenvalue weighted by molar-refractivity contribution is 7.08. The molecule has 7 heteroatoms. The fourth-order valence-corrected chi connectivity index (χ4v) is 3.15. The maximum absolute atomic E-state index is 11.8. The number of aromatic amines is 1. The first kappa shape index (κ1) is 15.1. The molecule has 0 aromatic carbocycles. The van der Waals surface area contributed by atoms with E-state index in [4.69, 9.17) is 4.74 Å². The molecule has 2 aromatic heterocycles. The molecule has 118 valence electrons. The molecule has 3 N–H and O–H groups in total. The highest BCUT2D eigenvalue weighted by atomic mass is 32.1. The van der Waals surface area contributed by atoms with Gasteiger partial charge < -0.3 is 15.0 Å². The Hall–Kier alpha value is -1.86. The lowest BCUT2D eigenvalue weighted by molar-refractivity contribution is 0.0635. The van der Waals surface area contributed by atoms with Crippen molar-refractivity contribution in [2.75, 3.05) is 11.9 Å². The number of nitrogens with one attached hydrogen (secondary N) is 3. The summed E-state index contributed by atoms with van der Waals surface area (Å²) in [5.74, 6) is 0.433. The van der Waals surface area contributed by atoms with Crippen molar-refractivity contribution in [3.05, 3.63) is 33.8 Å². The van der Waals surface area contributed by atoms with Gasteiger partial charge >= 0.3 is 6.09 Å². The third-order valence-electron chi connectivity index (χ3n) is 3.30. The normalized spacial score (nSPS) is 17.9. The monoisotopic (exact) mass is 320 g/mol. The van der Waals surface area contributed by atoms with Crippen molar-refractivity contribution >= 4 is 23.4 Å². The minimum absolute atomic E-state index is 0.0698. The van der Waals surface area contributed by atoms with E-state index in [0.717, 1.165) is 24.4 Å². The molecular formula is C15H20N4O2S. The largest absolute Gasteiger partial charge is 0.444 e. The zero-order chi connectivity index (χ0) is 15.7. The minimum Gasteiger partial charge on any atom is -0.444 e. The standard InChI is InChI=1S/C15H20N4O2S/c1-15(2,3)21-14(20)19-13-17-10-4-6-16-11(12(10)18-13)9-5-7-22-8-9/h5,7-8,11,16H,4,6H2,1-3H3,(H2,17,18,19,20). The fourth-order valence-electron chi connectivity index (χ4n) is 2.46. The Morgan fingerprint density at radius 1 is 1.50 bits per heavy atom. The third kappa shape index (κ3) is 3.31. The third-order valence-corrected chi connectivity index (χ3v) is 4.00. The van der Waals surface area contributed by atoms with E-state index in [9.17, 15) is 4.79 Å². The van der Waals surface area contributed by atoms with Gasteiger partial charge in [0.1, 0.15) is 5.60 Å². The number of rotatable bonds is 2. The number of carbonyl (C=O) groups is 1. The summed E-state index contributed by atoms with van der Waals surface area (Å²) in [6.07, 6.45) is 0.359. The summed E-state index contributed by atoms with van der Waals surface area (Å²) < 4.78 is 5.25. The number of carbonyl (C=O) groups excluding carboxylic acids is 1. The Balaban J connectivity index is 1.78. The average Bonchev–Trinajstić information content (AvgIpc) is 3.03. The lowest BCUT2D eigenvalue weighted by Gasteiger charge is -2.21. The first-order valence-corrected chi connectivity index (χ1v) is 8.21. The van der Waals surface area contributed by atoms with Gasteiger partial charge in [0.2, 0.25) is 5.95 Å². The summed E-state index contributed by atoms with van der Waals surface area (Å²) >= 11 is 1.66. The van der Waals surface area contributed by atoms with Crippen molar-refractivity contribution in [3.8, 4) is 0 Å². The molecule has 1 amide bonds. The molecule has 0 saturated heterocycles. The van der Waals surface area contributed by atoms with Crippen LogP contribution < -0.4 is 10.6 Å². The number of anilines is 1. The number of aromatic nitrogens is 2. The van der Waals surface area contributed by atoms with Crippen LogP contribution in [0.1, 0.15) is 43.8 Å². The lowest BCUT2D eigenvalue weighted by atomic mass is 10.0. The quantitative estimate of drug-likeness (QED) is 0.794. The molecule has 0 fully saturated rings. The molecule has 3 heterocycles. The summed E-state index contributed by atoms with van der Waals surface area (Å²) in [7, 11) is 0. The van der Waals surface area contributed by atoms with Gasteiger partial charge in [-0.15, -0.1) is 0 Å². The van der Waals surface area contributed by atoms with Crippen molar-refractivity contribution in [1.82, 2.24) is 15.3 Å². The maximum Gasteiger partial charge on any atom is 0.414 e. The van der Waals surface area contributed by atoms with Crippen LogP contribution >= 0.6 is 11.3 Å². The number of hydrogen-bond acceptors (Lipinski definition) is 5. The van der Waals surface area contributed by atoms with Gasteiger partial charge in [0.05, 0.1) is 11.7 Å². The van der Waals surface area contributed by atoms with Crippen molar-refractivity contribution in [1.29, 1.82) is 0 Å². The summed E-state index contributed by atoms with van der Waals surface area (Å²) in [6, 6.07) is 2.16. The summed E-state index contributed by atoms with van der Waals surface area (Å²) in [6.45, 7) is 6.37. The number of imidazole rings is 1. The van der Waals surface area contributed by atoms with E-state index >= 15 is 0 Å². The molecule has 0 radical (unpaired) electrons. The number of amides is 1. The molecule has 1 atom stereocenters. The van der Waals surface area contributed by atoms with Crippen LogP contribution in [0.15, 0.2) is 16.8 Å². The second-order valence-corrected chi connectivity index (χ2v) is 7.05. The van der Waals surface area contributed by atoms with Gasteiger partial charge in [-0.2, -0.15) is 11.3 Å². The fraction of sp³-hybridized carbons (Fsp3) is 0.467. The number of fused-ring (bicyclic) bond motifs is 1. The predicted octanol–water partition coefficient (Wildman–Crippen LogP) is 3.05. The van der Waals surface area contributed by atoms with Crippen LogP contribution in [-0.4, -0.2) is 28.2 Å². The van der Waals surface area contributed by atoms with E-state index in [1.165, 1.54) is 5.56 Å². The lowest BCUT2D eigenvalue weighted by Crippen LogP contribution is -2.30. The minimum atomic E-state index is -0.531. The SMILES string of the molecule is CC(C)(C)OC(=O)Nc1nc2c([nH]1)CCNC2c1ccsc1. The van der Waals surface area contributed by atoms with Crippen molar-refractivity contribution in [3.63, 3.8) is 0 Å². The van der Waals surface area contributed by atoms with Gasteiger partial charge in [0.25, 0.3) is 0 Å². The van der Waals surface area contributed by atoms with Crippen LogP contribution in [0.5, 0.6) is 0 Å². The Morgan fingerprint density at radius 2 is 2.32 bits per heavy atom. The number of hydrogen-bond donors (Lipinski definition) is 3. The molecular weight excluding hydrogens is 300 g/mol. The van der Waals surface area contributed by atoms with Crippen LogP contribution in [0, 0.1) is 0 Å². The molecule has 0 aliphatic carbocycles. The molecule has 1 unspecified atom stereocenters. The molecule has 3 rings (SSSR count). The van der Waals surface area contributed by atoms with Gasteiger partial charge in [0, 0.05) is 18.7 Å². The summed E-state index contributed by atoms with van der Waals surface area (Å²) in [5.41, 5.74) is 2.66. The topological polar surface area (TPSA) is 79.0 Å². The van der Waals surface area contributed by atoms with Gasteiger partial charge in [-0.1, -0.05) is 0 Å². The van der Waals surface area contributed by atoms with Crippen molar-refractivity contribution in [2.24, 2.45) is 0 Å². The molecule has 6 nitrogen and oxygen atoms in total. The van der Waals surface area contributed by atoms with E-state index in [-0.39, 0.29) is 6.04 Å². The van der Waals surface area contributed by atoms with Gasteiger partial charge in [-0.05, 0) is 43.2 Å². The number of H-pyrrole nitrogens is 1. The molecule has 1 aliphatic rings. The van der Waals surface area contributed by atoms with Crippen LogP contribution in [-0.2, 0) is 11.2 Å². The van der Waals surface area contributed by atoms with E-state index < -0.39 is 11.7 Å². The molecule has 0 bridgehead atoms. The molecule has 0 spiro atoms. The summed E-state index contributed by atoms with van der Waals surface area (Å²) in [5, 5.41) is 10.3. The predicted molar refractivity (Wildman–Crippen MR) is 86.3 cm³/mol. The van der Waals surface area contributed by atoms with Crippen molar-refractivity contribution in [2.45, 2.75) is 38.8 Å². The van der Waals surface area contributed by atoms with Crippen LogP contribution in [0.3, 0.4) is 0 Å². The zero-order valence-corrected chi connectivity index (χ0v) is 13.7. The second-order valence-electron chi connectivity index (χ2n) is 6.27. The highest BCUT2D eigenvalue weighted by Crippen LogP contribution is 2.29. The zero-order valence-electron chi connectivity index (χ0n) is 12.9. The highest BCUT2D eigenvalue weighted by Gasteiger charge is 2.26. The van der Waals surface area contributed by atoms with Gasteiger partial charge in [-0.25, -0.2) is 9.78 Å². The van der Waals surface area contributed by atoms with E-state index in [0.29, 0.717) is 5.95 Å². The Labute approximate surface area is 133 Å². The Bertz CT molecular complexity index is 658. The van der Waals surface area contributed by atoms with Crippen LogP contribution in [0.4, 0.5) is 10.7 Å².